The zero-order chi connectivity index (χ0) is 14.8. The molecule has 0 spiro atoms. The zero-order valence-electron chi connectivity index (χ0n) is 11.7. The van der Waals surface area contributed by atoms with Gasteiger partial charge in [0.15, 0.2) is 0 Å². The summed E-state index contributed by atoms with van der Waals surface area (Å²) in [4.78, 5) is 0. The van der Waals surface area contributed by atoms with Crippen LogP contribution < -0.4 is 9.47 Å². The smallest absolute Gasteiger partial charge is 0.119 e. The van der Waals surface area contributed by atoms with Crippen LogP contribution in [0.1, 0.15) is 18.1 Å². The van der Waals surface area contributed by atoms with Gasteiger partial charge in [-0.1, -0.05) is 28.1 Å². The molecule has 0 heterocycles. The van der Waals surface area contributed by atoms with Crippen LogP contribution in [0.2, 0.25) is 0 Å². The first-order valence-electron chi connectivity index (χ1n) is 6.20. The van der Waals surface area contributed by atoms with Gasteiger partial charge in [-0.3, -0.25) is 0 Å². The summed E-state index contributed by atoms with van der Waals surface area (Å²) in [5.41, 5.74) is 0.345. The maximum atomic E-state index is 10.9. The van der Waals surface area contributed by atoms with Crippen molar-refractivity contribution in [3.8, 4) is 11.5 Å². The molecule has 2 rings (SSSR count). The number of hydrogen-bond donors (Lipinski definition) is 1. The van der Waals surface area contributed by atoms with E-state index in [2.05, 4.69) is 15.9 Å². The van der Waals surface area contributed by atoms with Crippen LogP contribution in [-0.2, 0) is 5.60 Å². The molecular formula is C16H17BrO3. The predicted molar refractivity (Wildman–Crippen MR) is 82.4 cm³/mol. The van der Waals surface area contributed by atoms with Crippen LogP contribution >= 0.6 is 15.9 Å². The molecule has 1 atom stereocenters. The van der Waals surface area contributed by atoms with Gasteiger partial charge in [-0.25, -0.2) is 0 Å². The molecule has 0 amide bonds. The molecule has 106 valence electrons. The zero-order valence-corrected chi connectivity index (χ0v) is 13.3. The molecule has 2 aromatic rings. The second-order valence-corrected chi connectivity index (χ2v) is 5.50. The van der Waals surface area contributed by atoms with Crippen LogP contribution in [-0.4, -0.2) is 19.3 Å². The van der Waals surface area contributed by atoms with Crippen molar-refractivity contribution in [1.82, 2.24) is 0 Å². The second-order valence-electron chi connectivity index (χ2n) is 4.65. The van der Waals surface area contributed by atoms with Gasteiger partial charge in [0.05, 0.1) is 14.2 Å². The van der Waals surface area contributed by atoms with Gasteiger partial charge >= 0.3 is 0 Å². The van der Waals surface area contributed by atoms with Gasteiger partial charge in [-0.05, 0) is 42.8 Å². The molecule has 1 N–H and O–H groups in total. The van der Waals surface area contributed by atoms with E-state index in [1.165, 1.54) is 0 Å². The van der Waals surface area contributed by atoms with Crippen molar-refractivity contribution in [3.63, 3.8) is 0 Å². The van der Waals surface area contributed by atoms with E-state index < -0.39 is 5.60 Å². The first kappa shape index (κ1) is 14.9. The quantitative estimate of drug-likeness (QED) is 0.924. The van der Waals surface area contributed by atoms with Crippen LogP contribution in [0.25, 0.3) is 0 Å². The Bertz CT molecular complexity index is 608. The summed E-state index contributed by atoms with van der Waals surface area (Å²) >= 11 is 3.48. The first-order chi connectivity index (χ1) is 9.48. The van der Waals surface area contributed by atoms with E-state index in [1.54, 1.807) is 21.1 Å². The van der Waals surface area contributed by atoms with Crippen molar-refractivity contribution in [3.05, 3.63) is 58.1 Å². The maximum absolute atomic E-state index is 10.9. The molecule has 0 aliphatic rings. The molecule has 0 saturated carbocycles. The van der Waals surface area contributed by atoms with Crippen LogP contribution in [0.15, 0.2) is 46.9 Å². The minimum Gasteiger partial charge on any atom is -0.497 e. The van der Waals surface area contributed by atoms with Crippen LogP contribution in [0, 0.1) is 0 Å². The van der Waals surface area contributed by atoms with Gasteiger partial charge in [-0.15, -0.1) is 0 Å². The Labute approximate surface area is 127 Å². The lowest BCUT2D eigenvalue weighted by molar-refractivity contribution is 0.101. The lowest BCUT2D eigenvalue weighted by Crippen LogP contribution is -2.23. The van der Waals surface area contributed by atoms with Crippen LogP contribution in [0.4, 0.5) is 0 Å². The Kier molecular flexibility index (Phi) is 4.35. The average Bonchev–Trinajstić information content (AvgIpc) is 2.47. The molecule has 0 bridgehead atoms. The highest BCUT2D eigenvalue weighted by molar-refractivity contribution is 9.10. The highest BCUT2D eigenvalue weighted by Crippen LogP contribution is 2.37. The summed E-state index contributed by atoms with van der Waals surface area (Å²) in [7, 11) is 3.21. The highest BCUT2D eigenvalue weighted by atomic mass is 79.9. The Hall–Kier alpha value is -1.52. The van der Waals surface area contributed by atoms with Gasteiger partial charge in [0, 0.05) is 10.0 Å². The van der Waals surface area contributed by atoms with E-state index in [0.717, 1.165) is 15.6 Å². The van der Waals surface area contributed by atoms with Crippen molar-refractivity contribution < 1.29 is 14.6 Å². The van der Waals surface area contributed by atoms with E-state index in [1.807, 2.05) is 42.5 Å². The van der Waals surface area contributed by atoms with Gasteiger partial charge in [0.2, 0.25) is 0 Å². The lowest BCUT2D eigenvalue weighted by Gasteiger charge is -2.26. The normalized spacial score (nSPS) is 13.7. The summed E-state index contributed by atoms with van der Waals surface area (Å²) in [5, 5.41) is 10.9. The number of aliphatic hydroxyl groups is 1. The van der Waals surface area contributed by atoms with Crippen LogP contribution in [0.5, 0.6) is 11.5 Å². The summed E-state index contributed by atoms with van der Waals surface area (Å²) in [6, 6.07) is 12.9. The summed E-state index contributed by atoms with van der Waals surface area (Å²) in [6.07, 6.45) is 0. The molecule has 2 aromatic carbocycles. The molecule has 4 heteroatoms. The Morgan fingerprint density at radius 3 is 2.30 bits per heavy atom. The minimum atomic E-state index is -1.15. The third-order valence-electron chi connectivity index (χ3n) is 3.33. The third-order valence-corrected chi connectivity index (χ3v) is 4.02. The Morgan fingerprint density at radius 2 is 1.65 bits per heavy atom. The Balaban J connectivity index is 2.53. The molecule has 0 saturated heterocycles. The largest absolute Gasteiger partial charge is 0.497 e. The van der Waals surface area contributed by atoms with Crippen LogP contribution in [0.3, 0.4) is 0 Å². The van der Waals surface area contributed by atoms with Crippen molar-refractivity contribution in [2.45, 2.75) is 12.5 Å². The second kappa shape index (κ2) is 5.85. The predicted octanol–water partition coefficient (Wildman–Crippen LogP) is 3.72. The SMILES string of the molecule is COc1cccc(C(C)(O)c2cc(OC)ccc2Br)c1. The summed E-state index contributed by atoms with van der Waals surface area (Å²) in [6.45, 7) is 1.75. The highest BCUT2D eigenvalue weighted by Gasteiger charge is 2.28. The fourth-order valence-electron chi connectivity index (χ4n) is 2.09. The number of rotatable bonds is 4. The van der Waals surface area contributed by atoms with Gasteiger partial charge < -0.3 is 14.6 Å². The molecule has 3 nitrogen and oxygen atoms in total. The van der Waals surface area contributed by atoms with E-state index in [-0.39, 0.29) is 0 Å². The van der Waals surface area contributed by atoms with E-state index in [0.29, 0.717) is 11.5 Å². The van der Waals surface area contributed by atoms with Crippen molar-refractivity contribution in [2.24, 2.45) is 0 Å². The first-order valence-corrected chi connectivity index (χ1v) is 6.99. The lowest BCUT2D eigenvalue weighted by atomic mass is 9.88. The molecule has 0 radical (unpaired) electrons. The fourth-order valence-corrected chi connectivity index (χ4v) is 2.72. The number of ether oxygens (including phenoxy) is 2. The van der Waals surface area contributed by atoms with E-state index in [9.17, 15) is 5.11 Å². The third kappa shape index (κ3) is 2.81. The average molecular weight is 337 g/mol. The van der Waals surface area contributed by atoms with Crippen molar-refractivity contribution in [2.75, 3.05) is 14.2 Å². The van der Waals surface area contributed by atoms with Crippen molar-refractivity contribution >= 4 is 15.9 Å². The number of hydrogen-bond acceptors (Lipinski definition) is 3. The van der Waals surface area contributed by atoms with Gasteiger partial charge in [-0.2, -0.15) is 0 Å². The molecule has 0 aliphatic heterocycles. The van der Waals surface area contributed by atoms with Gasteiger partial charge in [0.25, 0.3) is 0 Å². The summed E-state index contributed by atoms with van der Waals surface area (Å²) < 4.78 is 11.3. The topological polar surface area (TPSA) is 38.7 Å². The van der Waals surface area contributed by atoms with Gasteiger partial charge in [0.1, 0.15) is 17.1 Å². The number of methoxy groups -OCH3 is 2. The van der Waals surface area contributed by atoms with E-state index in [4.69, 9.17) is 9.47 Å². The summed E-state index contributed by atoms with van der Waals surface area (Å²) in [5.74, 6) is 1.41. The molecule has 0 aromatic heterocycles. The maximum Gasteiger partial charge on any atom is 0.119 e. The molecule has 1 unspecified atom stereocenters. The monoisotopic (exact) mass is 336 g/mol. The molecular weight excluding hydrogens is 320 g/mol. The minimum absolute atomic E-state index is 0.700. The van der Waals surface area contributed by atoms with Crippen molar-refractivity contribution in [1.29, 1.82) is 0 Å². The number of halogens is 1. The van der Waals surface area contributed by atoms with E-state index >= 15 is 0 Å². The molecule has 0 fully saturated rings. The Morgan fingerprint density at radius 1 is 1.00 bits per heavy atom. The molecule has 0 aliphatic carbocycles. The standard InChI is InChI=1S/C16H17BrO3/c1-16(18,11-5-4-6-12(9-11)19-2)14-10-13(20-3)7-8-15(14)17/h4-10,18H,1-3H3. The number of benzene rings is 2. The fraction of sp³-hybridized carbons (Fsp3) is 0.250. The molecule has 20 heavy (non-hydrogen) atoms.